The molecule has 2 aromatic carbocycles. The van der Waals surface area contributed by atoms with Gasteiger partial charge in [-0.15, -0.1) is 0 Å². The summed E-state index contributed by atoms with van der Waals surface area (Å²) in [5.41, 5.74) is 2.06. The van der Waals surface area contributed by atoms with Gasteiger partial charge in [0.15, 0.2) is 0 Å². The van der Waals surface area contributed by atoms with Crippen LogP contribution in [0.1, 0.15) is 23.3 Å². The first-order valence-corrected chi connectivity index (χ1v) is 9.11. The minimum Gasteiger partial charge on any atom is -0.507 e. The van der Waals surface area contributed by atoms with Gasteiger partial charge >= 0.3 is 5.63 Å². The molecule has 5 heteroatoms. The van der Waals surface area contributed by atoms with Crippen molar-refractivity contribution in [2.45, 2.75) is 19.4 Å². The largest absolute Gasteiger partial charge is 0.507 e. The maximum Gasteiger partial charge on any atom is 0.348 e. The van der Waals surface area contributed by atoms with Crippen molar-refractivity contribution in [2.75, 3.05) is 5.01 Å². The molecule has 1 N–H and O–H groups in total. The lowest BCUT2D eigenvalue weighted by atomic mass is 10.0. The van der Waals surface area contributed by atoms with Crippen LogP contribution in [0, 0.1) is 6.92 Å². The first-order chi connectivity index (χ1) is 13.6. The molecule has 0 aliphatic carbocycles. The summed E-state index contributed by atoms with van der Waals surface area (Å²) in [7, 11) is 0. The standard InChI is InChI=1S/C23H20N2O3/c1-16-14-21(26)22(23(27)28-16)20-15-19(13-12-17-8-4-2-5-9-17)25(24-20)18-10-6-3-7-11-18/h2-14,19,26H,15H2,1H3/b13-12+. The average Bonchev–Trinajstić information content (AvgIpc) is 3.11. The number of rotatable bonds is 4. The van der Waals surface area contributed by atoms with Crippen molar-refractivity contribution >= 4 is 17.5 Å². The number of hydrogen-bond acceptors (Lipinski definition) is 5. The summed E-state index contributed by atoms with van der Waals surface area (Å²) < 4.78 is 5.17. The van der Waals surface area contributed by atoms with Crippen LogP contribution in [0.5, 0.6) is 5.75 Å². The Morgan fingerprint density at radius 3 is 2.46 bits per heavy atom. The molecule has 5 nitrogen and oxygen atoms in total. The second-order valence-electron chi connectivity index (χ2n) is 6.67. The van der Waals surface area contributed by atoms with Crippen LogP contribution in [0.2, 0.25) is 0 Å². The quantitative estimate of drug-likeness (QED) is 0.739. The van der Waals surface area contributed by atoms with Gasteiger partial charge in [-0.05, 0) is 24.6 Å². The van der Waals surface area contributed by atoms with E-state index in [4.69, 9.17) is 4.42 Å². The SMILES string of the molecule is Cc1cc(O)c(C2=NN(c3ccccc3)C(/C=C/c3ccccc3)C2)c(=O)o1. The molecule has 28 heavy (non-hydrogen) atoms. The van der Waals surface area contributed by atoms with Gasteiger partial charge in [0, 0.05) is 12.5 Å². The van der Waals surface area contributed by atoms with Crippen LogP contribution >= 0.6 is 0 Å². The first-order valence-electron chi connectivity index (χ1n) is 9.11. The molecular weight excluding hydrogens is 352 g/mol. The predicted molar refractivity (Wildman–Crippen MR) is 111 cm³/mol. The molecule has 1 atom stereocenters. The minimum atomic E-state index is -0.572. The highest BCUT2D eigenvalue weighted by Crippen LogP contribution is 2.29. The third kappa shape index (κ3) is 3.60. The molecule has 1 aliphatic rings. The van der Waals surface area contributed by atoms with Gasteiger partial charge in [-0.3, -0.25) is 5.01 Å². The Morgan fingerprint density at radius 1 is 1.11 bits per heavy atom. The normalized spacial score (nSPS) is 16.5. The van der Waals surface area contributed by atoms with Crippen LogP contribution in [0.4, 0.5) is 5.69 Å². The highest BCUT2D eigenvalue weighted by Gasteiger charge is 2.30. The molecule has 0 saturated carbocycles. The molecule has 1 aliphatic heterocycles. The molecule has 2 heterocycles. The Morgan fingerprint density at radius 2 is 1.79 bits per heavy atom. The number of hydrazone groups is 1. The molecule has 4 rings (SSSR count). The van der Waals surface area contributed by atoms with Gasteiger partial charge in [-0.25, -0.2) is 4.79 Å². The number of aromatic hydroxyl groups is 1. The van der Waals surface area contributed by atoms with Crippen LogP contribution in [0.25, 0.3) is 6.08 Å². The Kier molecular flexibility index (Phi) is 4.81. The van der Waals surface area contributed by atoms with Crippen LogP contribution < -0.4 is 10.6 Å². The van der Waals surface area contributed by atoms with E-state index in [1.165, 1.54) is 6.07 Å². The van der Waals surface area contributed by atoms with Gasteiger partial charge in [0.05, 0.1) is 17.4 Å². The summed E-state index contributed by atoms with van der Waals surface area (Å²) in [6.45, 7) is 1.63. The van der Waals surface area contributed by atoms with Crippen LogP contribution in [0.3, 0.4) is 0 Å². The Bertz CT molecular complexity index is 1090. The second-order valence-corrected chi connectivity index (χ2v) is 6.67. The van der Waals surface area contributed by atoms with Crippen molar-refractivity contribution in [3.05, 3.63) is 100 Å². The van der Waals surface area contributed by atoms with Crippen molar-refractivity contribution in [1.29, 1.82) is 0 Å². The van der Waals surface area contributed by atoms with Crippen molar-refractivity contribution in [1.82, 2.24) is 0 Å². The van der Waals surface area contributed by atoms with Crippen LogP contribution in [0.15, 0.2) is 87.1 Å². The Hall–Kier alpha value is -3.60. The second kappa shape index (κ2) is 7.56. The maximum absolute atomic E-state index is 12.3. The fraction of sp³-hybridized carbons (Fsp3) is 0.130. The number of benzene rings is 2. The van der Waals surface area contributed by atoms with Gasteiger partial charge < -0.3 is 9.52 Å². The molecule has 0 saturated heterocycles. The number of para-hydroxylation sites is 1. The Labute approximate surface area is 162 Å². The van der Waals surface area contributed by atoms with Crippen molar-refractivity contribution in [3.63, 3.8) is 0 Å². The number of anilines is 1. The summed E-state index contributed by atoms with van der Waals surface area (Å²) in [4.78, 5) is 12.3. The molecule has 1 aromatic heterocycles. The molecule has 1 unspecified atom stereocenters. The third-order valence-electron chi connectivity index (χ3n) is 4.62. The minimum absolute atomic E-state index is 0.0855. The van der Waals surface area contributed by atoms with E-state index in [1.54, 1.807) is 6.92 Å². The number of aryl methyl sites for hydroxylation is 1. The van der Waals surface area contributed by atoms with Crippen LogP contribution in [-0.4, -0.2) is 16.9 Å². The number of hydrogen-bond donors (Lipinski definition) is 1. The van der Waals surface area contributed by atoms with E-state index < -0.39 is 5.63 Å². The number of nitrogens with zero attached hydrogens (tertiary/aromatic N) is 2. The lowest BCUT2D eigenvalue weighted by Crippen LogP contribution is -2.24. The Balaban J connectivity index is 1.72. The van der Waals surface area contributed by atoms with E-state index >= 15 is 0 Å². The highest BCUT2D eigenvalue weighted by molar-refractivity contribution is 6.05. The first kappa shape index (κ1) is 17.8. The monoisotopic (exact) mass is 372 g/mol. The maximum atomic E-state index is 12.3. The van der Waals surface area contributed by atoms with E-state index in [0.717, 1.165) is 11.3 Å². The molecule has 0 fully saturated rings. The average molecular weight is 372 g/mol. The van der Waals surface area contributed by atoms with Crippen molar-refractivity contribution in [2.24, 2.45) is 5.10 Å². The third-order valence-corrected chi connectivity index (χ3v) is 4.62. The van der Waals surface area contributed by atoms with Gasteiger partial charge in [0.2, 0.25) is 0 Å². The van der Waals surface area contributed by atoms with Gasteiger partial charge in [-0.1, -0.05) is 60.7 Å². The summed E-state index contributed by atoms with van der Waals surface area (Å²) in [5, 5.41) is 16.8. The molecule has 0 spiro atoms. The zero-order valence-electron chi connectivity index (χ0n) is 15.4. The zero-order valence-corrected chi connectivity index (χ0v) is 15.4. The molecule has 0 amide bonds. The fourth-order valence-electron chi connectivity index (χ4n) is 3.31. The van der Waals surface area contributed by atoms with Crippen LogP contribution in [-0.2, 0) is 0 Å². The molecule has 140 valence electrons. The smallest absolute Gasteiger partial charge is 0.348 e. The van der Waals surface area contributed by atoms with Gasteiger partial charge in [0.25, 0.3) is 0 Å². The van der Waals surface area contributed by atoms with E-state index in [1.807, 2.05) is 71.7 Å². The summed E-state index contributed by atoms with van der Waals surface area (Å²) >= 11 is 0. The zero-order chi connectivity index (χ0) is 19.5. The van der Waals surface area contributed by atoms with Crippen molar-refractivity contribution < 1.29 is 9.52 Å². The topological polar surface area (TPSA) is 66.0 Å². The van der Waals surface area contributed by atoms with Gasteiger partial charge in [0.1, 0.15) is 17.1 Å². The van der Waals surface area contributed by atoms with Crippen molar-refractivity contribution in [3.8, 4) is 5.75 Å². The predicted octanol–water partition coefficient (Wildman–Crippen LogP) is 4.35. The summed E-state index contributed by atoms with van der Waals surface area (Å²) in [6, 6.07) is 21.1. The molecule has 0 radical (unpaired) electrons. The van der Waals surface area contributed by atoms with E-state index in [-0.39, 0.29) is 17.4 Å². The highest BCUT2D eigenvalue weighted by atomic mass is 16.4. The summed E-state index contributed by atoms with van der Waals surface area (Å²) in [6.07, 6.45) is 4.59. The molecular formula is C23H20N2O3. The molecule has 3 aromatic rings. The molecule has 0 bridgehead atoms. The summed E-state index contributed by atoms with van der Waals surface area (Å²) in [5.74, 6) is 0.262. The lowest BCUT2D eigenvalue weighted by Gasteiger charge is -2.20. The van der Waals surface area contributed by atoms with E-state index in [2.05, 4.69) is 11.2 Å². The van der Waals surface area contributed by atoms with Gasteiger partial charge in [-0.2, -0.15) is 5.10 Å². The fourth-order valence-corrected chi connectivity index (χ4v) is 3.31. The van der Waals surface area contributed by atoms with E-state index in [0.29, 0.717) is 17.9 Å². The van der Waals surface area contributed by atoms with E-state index in [9.17, 15) is 9.90 Å². The lowest BCUT2D eigenvalue weighted by molar-refractivity contribution is 0.432.